The number of esters is 1. The Balaban J connectivity index is 1.47. The molecule has 0 aliphatic heterocycles. The van der Waals surface area contributed by atoms with Crippen molar-refractivity contribution in [1.82, 2.24) is 40.7 Å². The van der Waals surface area contributed by atoms with Crippen LogP contribution in [0.5, 0.6) is 0 Å². The number of aryl methyl sites for hydroxylation is 1. The van der Waals surface area contributed by atoms with Crippen molar-refractivity contribution in [2.75, 3.05) is 7.11 Å². The SMILES string of the molecule is COC(=O)[C@H](Cc1ccccc1)NC(=O)[C@H](Cc1cn(C(=O)OC(C)(C)C)c2ccccc12)NC(=O)[C@H](CC(C)C)NC(=O)[C@H](CC1CCCCC1)NC(=O)[C@H](Cc1cncn1C)NC(=O)OC(C)(C)C. The third kappa shape index (κ3) is 17.0. The van der Waals surface area contributed by atoms with E-state index in [4.69, 9.17) is 14.2 Å². The number of rotatable bonds is 20. The zero-order valence-corrected chi connectivity index (χ0v) is 43.0. The number of hydrogen-bond donors (Lipinski definition) is 5. The molecule has 0 bridgehead atoms. The summed E-state index contributed by atoms with van der Waals surface area (Å²) in [6, 6.07) is 10.2. The number of para-hydroxylation sites is 1. The third-order valence-electron chi connectivity index (χ3n) is 12.1. The number of nitrogens with zero attached hydrogens (tertiary/aromatic N) is 3. The van der Waals surface area contributed by atoms with Gasteiger partial charge in [-0.1, -0.05) is 94.5 Å². The van der Waals surface area contributed by atoms with E-state index in [9.17, 15) is 33.6 Å². The minimum absolute atomic E-state index is 0.0415. The van der Waals surface area contributed by atoms with Crippen molar-refractivity contribution in [2.24, 2.45) is 18.9 Å². The van der Waals surface area contributed by atoms with Crippen LogP contribution >= 0.6 is 0 Å². The van der Waals surface area contributed by atoms with Crippen LogP contribution in [0.3, 0.4) is 0 Å². The maximum absolute atomic E-state index is 14.8. The summed E-state index contributed by atoms with van der Waals surface area (Å²) in [4.78, 5) is 102. The summed E-state index contributed by atoms with van der Waals surface area (Å²) in [5.41, 5.74) is 0.768. The highest BCUT2D eigenvalue weighted by atomic mass is 16.6. The second kappa shape index (κ2) is 24.9. The van der Waals surface area contributed by atoms with Crippen LogP contribution < -0.4 is 26.6 Å². The molecule has 5 rings (SSSR count). The van der Waals surface area contributed by atoms with Gasteiger partial charge in [-0.2, -0.15) is 0 Å². The van der Waals surface area contributed by atoms with Gasteiger partial charge in [-0.15, -0.1) is 0 Å². The maximum Gasteiger partial charge on any atom is 0.419 e. The number of nitrogens with one attached hydrogen (secondary N) is 5. The number of hydrogen-bond acceptors (Lipinski definition) is 11. The lowest BCUT2D eigenvalue weighted by Gasteiger charge is -2.30. The highest BCUT2D eigenvalue weighted by Crippen LogP contribution is 2.28. The first kappa shape index (κ1) is 55.2. The van der Waals surface area contributed by atoms with Gasteiger partial charge in [-0.25, -0.2) is 19.4 Å². The van der Waals surface area contributed by atoms with E-state index in [0.717, 1.165) is 37.7 Å². The fourth-order valence-electron chi connectivity index (χ4n) is 8.72. The van der Waals surface area contributed by atoms with Gasteiger partial charge in [0.05, 0.1) is 19.0 Å². The first-order chi connectivity index (χ1) is 33.5. The van der Waals surface area contributed by atoms with E-state index in [1.807, 2.05) is 44.2 Å². The van der Waals surface area contributed by atoms with Gasteiger partial charge >= 0.3 is 18.2 Å². The van der Waals surface area contributed by atoms with Crippen LogP contribution in [-0.4, -0.2) is 104 Å². The number of ether oxygens (including phenoxy) is 3. The van der Waals surface area contributed by atoms with Gasteiger partial charge in [0, 0.05) is 49.8 Å². The quantitative estimate of drug-likeness (QED) is 0.0494. The minimum atomic E-state index is -1.35. The number of fused-ring (bicyclic) bond motifs is 1. The summed E-state index contributed by atoms with van der Waals surface area (Å²) in [6.07, 6.45) is 8.40. The molecule has 2 heterocycles. The normalized spacial score (nSPS) is 15.4. The molecule has 0 radical (unpaired) electrons. The molecule has 1 fully saturated rings. The van der Waals surface area contributed by atoms with Crippen molar-refractivity contribution < 1.29 is 47.8 Å². The van der Waals surface area contributed by atoms with E-state index >= 15 is 0 Å². The number of amides is 5. The summed E-state index contributed by atoms with van der Waals surface area (Å²) in [7, 11) is 2.99. The molecule has 5 amide bonds. The van der Waals surface area contributed by atoms with Crippen molar-refractivity contribution in [3.63, 3.8) is 0 Å². The van der Waals surface area contributed by atoms with Crippen molar-refractivity contribution in [3.8, 4) is 0 Å². The molecule has 18 heteroatoms. The number of alkyl carbamates (subject to hydrolysis) is 1. The number of carbonyl (C=O) groups excluding carboxylic acids is 7. The van der Waals surface area contributed by atoms with Crippen molar-refractivity contribution in [2.45, 2.75) is 161 Å². The van der Waals surface area contributed by atoms with Crippen LogP contribution in [0.15, 0.2) is 73.3 Å². The average molecular weight is 983 g/mol. The molecule has 2 aromatic carbocycles. The zero-order chi connectivity index (χ0) is 52.0. The van der Waals surface area contributed by atoms with Gasteiger partial charge in [0.1, 0.15) is 41.4 Å². The second-order valence-corrected chi connectivity index (χ2v) is 21.0. The molecule has 0 saturated heterocycles. The van der Waals surface area contributed by atoms with Crippen molar-refractivity contribution in [1.29, 1.82) is 0 Å². The number of methoxy groups -OCH3 is 1. The third-order valence-corrected chi connectivity index (χ3v) is 12.1. The molecule has 2 aromatic heterocycles. The Bertz CT molecular complexity index is 2460. The Hall–Kier alpha value is -6.72. The molecule has 0 unspecified atom stereocenters. The van der Waals surface area contributed by atoms with Crippen LogP contribution in [0, 0.1) is 11.8 Å². The summed E-state index contributed by atoms with van der Waals surface area (Å²) in [5, 5.41) is 14.9. The van der Waals surface area contributed by atoms with Crippen LogP contribution in [-0.2, 0) is 64.5 Å². The fraction of sp³-hybridized carbons (Fsp3) is 0.547. The van der Waals surface area contributed by atoms with Gasteiger partial charge in [0.25, 0.3) is 0 Å². The van der Waals surface area contributed by atoms with E-state index in [-0.39, 0.29) is 43.9 Å². The Labute approximate surface area is 417 Å². The minimum Gasteiger partial charge on any atom is -0.467 e. The standard InChI is InChI=1S/C53H74N8O10/c1-33(2)25-39(55-46(63)40(26-34-19-13-11-14-20-34)56-48(65)42(29-37-30-54-32-60(37)9)59-50(67)70-52(3,4)5)45(62)57-41(47(64)58-43(49(66)69-10)27-35-21-15-12-16-22-35)28-36-31-61(51(68)71-53(6,7)8)44-24-18-17-23-38(36)44/h12,15-18,21-24,30-34,39-43H,11,13-14,19-20,25-29H2,1-10H3,(H,55,63)(H,56,65)(H,57,62)(H,58,64)(H,59,67)/t39-,40-,41-,42-,43-/m0/s1. The van der Waals surface area contributed by atoms with Crippen molar-refractivity contribution in [3.05, 3.63) is 90.1 Å². The van der Waals surface area contributed by atoms with Crippen LogP contribution in [0.4, 0.5) is 9.59 Å². The fourth-order valence-corrected chi connectivity index (χ4v) is 8.72. The predicted molar refractivity (Wildman–Crippen MR) is 268 cm³/mol. The monoisotopic (exact) mass is 983 g/mol. The molecule has 71 heavy (non-hydrogen) atoms. The predicted octanol–water partition coefficient (Wildman–Crippen LogP) is 6.21. The molecule has 386 valence electrons. The average Bonchev–Trinajstić information content (AvgIpc) is 3.88. The van der Waals surface area contributed by atoms with Crippen LogP contribution in [0.1, 0.15) is 117 Å². The maximum atomic E-state index is 14.8. The Morgan fingerprint density at radius 1 is 0.676 bits per heavy atom. The van der Waals surface area contributed by atoms with E-state index in [1.54, 1.807) is 96.1 Å². The topological polar surface area (TPSA) is 230 Å². The second-order valence-electron chi connectivity index (χ2n) is 21.0. The Kier molecular flexibility index (Phi) is 19.4. The highest BCUT2D eigenvalue weighted by molar-refractivity contribution is 5.97. The van der Waals surface area contributed by atoms with E-state index in [2.05, 4.69) is 31.6 Å². The van der Waals surface area contributed by atoms with Gasteiger partial charge in [-0.05, 0) is 83.4 Å². The number of aromatic nitrogens is 3. The molecule has 5 atom stereocenters. The molecule has 1 aliphatic rings. The molecular formula is C53H74N8O10. The van der Waals surface area contributed by atoms with Gasteiger partial charge in [-0.3, -0.25) is 23.7 Å². The van der Waals surface area contributed by atoms with Crippen LogP contribution in [0.25, 0.3) is 10.9 Å². The highest BCUT2D eigenvalue weighted by Gasteiger charge is 2.36. The molecule has 5 N–H and O–H groups in total. The lowest BCUT2D eigenvalue weighted by Crippen LogP contribution is -2.60. The zero-order valence-electron chi connectivity index (χ0n) is 43.0. The first-order valence-corrected chi connectivity index (χ1v) is 24.6. The molecular weight excluding hydrogens is 909 g/mol. The number of imidazole rings is 1. The summed E-state index contributed by atoms with van der Waals surface area (Å²) in [6.45, 7) is 14.2. The largest absolute Gasteiger partial charge is 0.467 e. The lowest BCUT2D eigenvalue weighted by atomic mass is 9.84. The van der Waals surface area contributed by atoms with E-state index in [0.29, 0.717) is 22.2 Å². The number of carbonyl (C=O) groups is 7. The van der Waals surface area contributed by atoms with E-state index in [1.165, 1.54) is 11.7 Å². The van der Waals surface area contributed by atoms with Crippen molar-refractivity contribution >= 4 is 52.7 Å². The summed E-state index contributed by atoms with van der Waals surface area (Å²) < 4.78 is 19.4. The van der Waals surface area contributed by atoms with Gasteiger partial charge < -0.3 is 45.4 Å². The summed E-state index contributed by atoms with van der Waals surface area (Å²) in [5.74, 6) is -3.38. The smallest absolute Gasteiger partial charge is 0.419 e. The molecule has 18 nitrogen and oxygen atoms in total. The summed E-state index contributed by atoms with van der Waals surface area (Å²) >= 11 is 0. The van der Waals surface area contributed by atoms with Crippen LogP contribution in [0.2, 0.25) is 0 Å². The Morgan fingerprint density at radius 3 is 1.85 bits per heavy atom. The molecule has 1 saturated carbocycles. The molecule has 4 aromatic rings. The first-order valence-electron chi connectivity index (χ1n) is 24.6. The van der Waals surface area contributed by atoms with Gasteiger partial charge in [0.2, 0.25) is 23.6 Å². The molecule has 0 spiro atoms. The Morgan fingerprint density at radius 2 is 1.24 bits per heavy atom. The lowest BCUT2D eigenvalue weighted by molar-refractivity contribution is -0.145. The number of benzene rings is 2. The van der Waals surface area contributed by atoms with Gasteiger partial charge in [0.15, 0.2) is 0 Å². The molecule has 1 aliphatic carbocycles. The van der Waals surface area contributed by atoms with E-state index < -0.39 is 83.2 Å².